The molecule has 1 aromatic heterocycles. The number of anilines is 1. The summed E-state index contributed by atoms with van der Waals surface area (Å²) in [6, 6.07) is 7.88. The number of fused-ring (bicyclic) bond motifs is 1. The van der Waals surface area contributed by atoms with Gasteiger partial charge in [0, 0.05) is 37.9 Å². The van der Waals surface area contributed by atoms with Crippen molar-refractivity contribution in [2.75, 3.05) is 32.7 Å². The van der Waals surface area contributed by atoms with E-state index < -0.39 is 0 Å². The van der Waals surface area contributed by atoms with Crippen molar-refractivity contribution in [2.45, 2.75) is 12.7 Å². The van der Waals surface area contributed by atoms with Gasteiger partial charge in [-0.25, -0.2) is 4.98 Å². The lowest BCUT2D eigenvalue weighted by Gasteiger charge is -2.17. The fourth-order valence-corrected chi connectivity index (χ4v) is 2.12. The summed E-state index contributed by atoms with van der Waals surface area (Å²) >= 11 is 0. The first-order valence-corrected chi connectivity index (χ1v) is 6.53. The number of benzene rings is 1. The molecule has 1 aromatic carbocycles. The number of ether oxygens (including phenoxy) is 2. The highest BCUT2D eigenvalue weighted by molar-refractivity contribution is 5.93. The van der Waals surface area contributed by atoms with Crippen LogP contribution in [-0.4, -0.2) is 43.6 Å². The lowest BCUT2D eigenvalue weighted by atomic mass is 10.1. The first kappa shape index (κ1) is 14.7. The zero-order chi connectivity index (χ0) is 14.4. The van der Waals surface area contributed by atoms with Crippen LogP contribution in [0.5, 0.6) is 0 Å². The summed E-state index contributed by atoms with van der Waals surface area (Å²) < 4.78 is 10.4. The minimum Gasteiger partial charge on any atom is -0.392 e. The fourth-order valence-electron chi connectivity index (χ4n) is 2.12. The zero-order valence-electron chi connectivity index (χ0n) is 11.8. The van der Waals surface area contributed by atoms with Crippen molar-refractivity contribution in [3.63, 3.8) is 0 Å². The Morgan fingerprint density at radius 1 is 1.25 bits per heavy atom. The van der Waals surface area contributed by atoms with E-state index in [-0.39, 0.29) is 12.7 Å². The van der Waals surface area contributed by atoms with E-state index in [9.17, 15) is 5.11 Å². The molecular formula is C15H20N2O3. The van der Waals surface area contributed by atoms with Gasteiger partial charge in [-0.3, -0.25) is 0 Å². The van der Waals surface area contributed by atoms with E-state index >= 15 is 0 Å². The van der Waals surface area contributed by atoms with E-state index in [2.05, 4.69) is 10.3 Å². The second-order valence-electron chi connectivity index (χ2n) is 4.53. The van der Waals surface area contributed by atoms with Gasteiger partial charge in [0.05, 0.1) is 19.3 Å². The maximum atomic E-state index is 9.36. The SMILES string of the molecule is COCC(CNc1ncc(CO)c2ccccc12)OC. The molecule has 0 aliphatic carbocycles. The molecule has 5 heteroatoms. The van der Waals surface area contributed by atoms with Crippen LogP contribution in [0, 0.1) is 0 Å². The molecule has 0 saturated carbocycles. The number of aliphatic hydroxyl groups is 1. The number of nitrogens with one attached hydrogen (secondary N) is 1. The smallest absolute Gasteiger partial charge is 0.133 e. The number of aliphatic hydroxyl groups excluding tert-OH is 1. The maximum Gasteiger partial charge on any atom is 0.133 e. The Morgan fingerprint density at radius 2 is 2.00 bits per heavy atom. The Hall–Kier alpha value is -1.69. The number of rotatable bonds is 7. The van der Waals surface area contributed by atoms with Crippen molar-refractivity contribution in [3.8, 4) is 0 Å². The molecule has 0 radical (unpaired) electrons. The second kappa shape index (κ2) is 7.19. The topological polar surface area (TPSA) is 63.6 Å². The Labute approximate surface area is 118 Å². The molecule has 0 aliphatic rings. The van der Waals surface area contributed by atoms with Crippen LogP contribution in [0.1, 0.15) is 5.56 Å². The average Bonchev–Trinajstić information content (AvgIpc) is 2.51. The number of nitrogens with zero attached hydrogens (tertiary/aromatic N) is 1. The monoisotopic (exact) mass is 276 g/mol. The molecule has 5 nitrogen and oxygen atoms in total. The summed E-state index contributed by atoms with van der Waals surface area (Å²) in [6.07, 6.45) is 1.67. The van der Waals surface area contributed by atoms with Crippen LogP contribution in [0.3, 0.4) is 0 Å². The molecule has 0 spiro atoms. The van der Waals surface area contributed by atoms with Crippen LogP contribution in [-0.2, 0) is 16.1 Å². The van der Waals surface area contributed by atoms with Crippen LogP contribution in [0.15, 0.2) is 30.5 Å². The van der Waals surface area contributed by atoms with E-state index in [0.29, 0.717) is 13.2 Å². The highest BCUT2D eigenvalue weighted by Crippen LogP contribution is 2.24. The molecular weight excluding hydrogens is 256 g/mol. The van der Waals surface area contributed by atoms with Gasteiger partial charge in [0.15, 0.2) is 0 Å². The van der Waals surface area contributed by atoms with Gasteiger partial charge in [-0.15, -0.1) is 0 Å². The summed E-state index contributed by atoms with van der Waals surface area (Å²) in [4.78, 5) is 4.38. The quantitative estimate of drug-likeness (QED) is 0.807. The zero-order valence-corrected chi connectivity index (χ0v) is 11.8. The first-order chi connectivity index (χ1) is 9.80. The van der Waals surface area contributed by atoms with Crippen molar-refractivity contribution in [1.82, 2.24) is 4.98 Å². The van der Waals surface area contributed by atoms with E-state index in [1.165, 1.54) is 0 Å². The Balaban J connectivity index is 2.22. The molecule has 1 atom stereocenters. The molecule has 0 bridgehead atoms. The minimum absolute atomic E-state index is 0.0157. The fraction of sp³-hybridized carbons (Fsp3) is 0.400. The molecule has 2 rings (SSSR count). The Bertz CT molecular complexity index is 560. The van der Waals surface area contributed by atoms with Crippen LogP contribution >= 0.6 is 0 Å². The average molecular weight is 276 g/mol. The number of aromatic nitrogens is 1. The Kier molecular flexibility index (Phi) is 5.29. The number of hydrogen-bond donors (Lipinski definition) is 2. The highest BCUT2D eigenvalue weighted by Gasteiger charge is 2.10. The first-order valence-electron chi connectivity index (χ1n) is 6.53. The predicted molar refractivity (Wildman–Crippen MR) is 78.8 cm³/mol. The standard InChI is InChI=1S/C15H20N2O3/c1-19-10-12(20-2)8-17-15-14-6-4-3-5-13(14)11(9-18)7-16-15/h3-7,12,18H,8-10H2,1-2H3,(H,16,17). The van der Waals surface area contributed by atoms with E-state index in [4.69, 9.17) is 9.47 Å². The van der Waals surface area contributed by atoms with E-state index in [0.717, 1.165) is 22.2 Å². The van der Waals surface area contributed by atoms with E-state index in [1.807, 2.05) is 24.3 Å². The normalized spacial score (nSPS) is 12.6. The van der Waals surface area contributed by atoms with Gasteiger partial charge in [0.1, 0.15) is 5.82 Å². The van der Waals surface area contributed by atoms with Gasteiger partial charge in [0.25, 0.3) is 0 Å². The molecule has 20 heavy (non-hydrogen) atoms. The number of pyridine rings is 1. The molecule has 0 saturated heterocycles. The van der Waals surface area contributed by atoms with Gasteiger partial charge in [-0.05, 0) is 5.39 Å². The third kappa shape index (κ3) is 3.25. The summed E-state index contributed by atoms with van der Waals surface area (Å²) in [5, 5.41) is 14.6. The van der Waals surface area contributed by atoms with Crippen LogP contribution in [0.2, 0.25) is 0 Å². The van der Waals surface area contributed by atoms with Gasteiger partial charge in [-0.2, -0.15) is 0 Å². The largest absolute Gasteiger partial charge is 0.392 e. The molecule has 2 aromatic rings. The minimum atomic E-state index is -0.0296. The lowest BCUT2D eigenvalue weighted by Crippen LogP contribution is -2.27. The predicted octanol–water partition coefficient (Wildman–Crippen LogP) is 1.80. The van der Waals surface area contributed by atoms with Crippen molar-refractivity contribution >= 4 is 16.6 Å². The third-order valence-electron chi connectivity index (χ3n) is 3.23. The van der Waals surface area contributed by atoms with Crippen LogP contribution in [0.25, 0.3) is 10.8 Å². The molecule has 0 amide bonds. The van der Waals surface area contributed by atoms with Gasteiger partial charge in [-0.1, -0.05) is 24.3 Å². The molecule has 1 heterocycles. The number of methoxy groups -OCH3 is 2. The summed E-state index contributed by atoms with van der Waals surface area (Å²) in [6.45, 7) is 1.12. The third-order valence-corrected chi connectivity index (χ3v) is 3.23. The van der Waals surface area contributed by atoms with Gasteiger partial charge >= 0.3 is 0 Å². The van der Waals surface area contributed by atoms with Gasteiger partial charge in [0.2, 0.25) is 0 Å². The molecule has 1 unspecified atom stereocenters. The molecule has 0 aliphatic heterocycles. The second-order valence-corrected chi connectivity index (χ2v) is 4.53. The molecule has 108 valence electrons. The maximum absolute atomic E-state index is 9.36. The molecule has 0 fully saturated rings. The van der Waals surface area contributed by atoms with Crippen LogP contribution in [0.4, 0.5) is 5.82 Å². The summed E-state index contributed by atoms with van der Waals surface area (Å²) in [5.74, 6) is 0.788. The van der Waals surface area contributed by atoms with Gasteiger partial charge < -0.3 is 19.9 Å². The van der Waals surface area contributed by atoms with Crippen LogP contribution < -0.4 is 5.32 Å². The molecule has 2 N–H and O–H groups in total. The summed E-state index contributed by atoms with van der Waals surface area (Å²) in [7, 11) is 3.31. The lowest BCUT2D eigenvalue weighted by molar-refractivity contribution is 0.0365. The van der Waals surface area contributed by atoms with Crippen molar-refractivity contribution < 1.29 is 14.6 Å². The Morgan fingerprint density at radius 3 is 2.65 bits per heavy atom. The van der Waals surface area contributed by atoms with Crippen molar-refractivity contribution in [3.05, 3.63) is 36.0 Å². The van der Waals surface area contributed by atoms with E-state index in [1.54, 1.807) is 20.4 Å². The summed E-state index contributed by atoms with van der Waals surface area (Å²) in [5.41, 5.74) is 0.825. The van der Waals surface area contributed by atoms with Crippen molar-refractivity contribution in [2.24, 2.45) is 0 Å². The number of hydrogen-bond acceptors (Lipinski definition) is 5. The highest BCUT2D eigenvalue weighted by atomic mass is 16.5. The van der Waals surface area contributed by atoms with Crippen molar-refractivity contribution in [1.29, 1.82) is 0 Å².